The van der Waals surface area contributed by atoms with Crippen molar-refractivity contribution in [2.75, 3.05) is 13.7 Å². The highest BCUT2D eigenvalue weighted by molar-refractivity contribution is 5.98. The lowest BCUT2D eigenvalue weighted by atomic mass is 10.1. The second-order valence-electron chi connectivity index (χ2n) is 6.07. The van der Waals surface area contributed by atoms with Crippen molar-refractivity contribution in [3.63, 3.8) is 0 Å². The Morgan fingerprint density at radius 3 is 2.44 bits per heavy atom. The summed E-state index contributed by atoms with van der Waals surface area (Å²) in [6.45, 7) is 8.38. The largest absolute Gasteiger partial charge is 0.493 e. The number of nitrogens with zero attached hydrogens (tertiary/aromatic N) is 1. The average molecular weight is 343 g/mol. The fraction of sp³-hybridized carbons (Fsp3) is 0.400. The number of methoxy groups -OCH3 is 1. The van der Waals surface area contributed by atoms with E-state index < -0.39 is 0 Å². The van der Waals surface area contributed by atoms with E-state index in [4.69, 9.17) is 9.47 Å². The Morgan fingerprint density at radius 1 is 1.12 bits per heavy atom. The van der Waals surface area contributed by atoms with Crippen molar-refractivity contribution < 1.29 is 19.1 Å². The topological polar surface area (TPSA) is 57.5 Å². The maximum Gasteiger partial charge on any atom is 0.202 e. The molecule has 0 bridgehead atoms. The highest BCUT2D eigenvalue weighted by Gasteiger charge is 2.17. The molecule has 0 saturated carbocycles. The van der Waals surface area contributed by atoms with Crippen molar-refractivity contribution in [2.45, 2.75) is 40.7 Å². The number of aryl methyl sites for hydroxylation is 1. The van der Waals surface area contributed by atoms with Crippen LogP contribution in [0.3, 0.4) is 0 Å². The van der Waals surface area contributed by atoms with Crippen LogP contribution < -0.4 is 9.47 Å². The molecule has 0 amide bonds. The van der Waals surface area contributed by atoms with E-state index in [1.165, 1.54) is 14.0 Å². The molecule has 0 aliphatic heterocycles. The summed E-state index contributed by atoms with van der Waals surface area (Å²) >= 11 is 0. The summed E-state index contributed by atoms with van der Waals surface area (Å²) in [5, 5.41) is 0. The molecule has 134 valence electrons. The van der Waals surface area contributed by atoms with Gasteiger partial charge in [0.1, 0.15) is 0 Å². The summed E-state index contributed by atoms with van der Waals surface area (Å²) < 4.78 is 13.1. The Balaban J connectivity index is 2.15. The number of hydrogen-bond acceptors (Lipinski definition) is 4. The summed E-state index contributed by atoms with van der Waals surface area (Å²) in [5.74, 6) is 0.762. The molecule has 0 N–H and O–H groups in total. The Bertz CT molecular complexity index is 789. The zero-order valence-corrected chi connectivity index (χ0v) is 15.5. The summed E-state index contributed by atoms with van der Waals surface area (Å²) in [4.78, 5) is 24.0. The molecule has 0 aliphatic carbocycles. The molecular formula is C20H25NO4. The smallest absolute Gasteiger partial charge is 0.202 e. The molecule has 0 aliphatic rings. The minimum atomic E-state index is -0.0772. The van der Waals surface area contributed by atoms with Crippen LogP contribution in [0.25, 0.3) is 0 Å². The van der Waals surface area contributed by atoms with E-state index in [1.807, 2.05) is 19.9 Å². The van der Waals surface area contributed by atoms with Crippen molar-refractivity contribution >= 4 is 11.6 Å². The highest BCUT2D eigenvalue weighted by atomic mass is 16.5. The van der Waals surface area contributed by atoms with Crippen LogP contribution in [0.4, 0.5) is 0 Å². The number of ketones is 2. The van der Waals surface area contributed by atoms with Crippen molar-refractivity contribution in [1.82, 2.24) is 4.57 Å². The molecule has 5 nitrogen and oxygen atoms in total. The number of ether oxygens (including phenoxy) is 2. The minimum Gasteiger partial charge on any atom is -0.493 e. The molecule has 0 saturated heterocycles. The third-order valence-corrected chi connectivity index (χ3v) is 4.25. The second-order valence-corrected chi connectivity index (χ2v) is 6.07. The average Bonchev–Trinajstić information content (AvgIpc) is 2.88. The van der Waals surface area contributed by atoms with Crippen LogP contribution in [0.1, 0.15) is 52.4 Å². The third kappa shape index (κ3) is 4.10. The van der Waals surface area contributed by atoms with Crippen molar-refractivity contribution in [3.8, 4) is 11.5 Å². The van der Waals surface area contributed by atoms with E-state index in [-0.39, 0.29) is 18.2 Å². The number of Topliss-reactive ketones (excluding diaryl/α,β-unsaturated/α-hetero) is 2. The molecule has 0 spiro atoms. The number of carbonyl (C=O) groups excluding carboxylic acids is 2. The van der Waals surface area contributed by atoms with E-state index in [0.717, 1.165) is 24.4 Å². The molecule has 0 unspecified atom stereocenters. The van der Waals surface area contributed by atoms with Crippen LogP contribution in [-0.2, 0) is 6.54 Å². The van der Waals surface area contributed by atoms with Gasteiger partial charge >= 0.3 is 0 Å². The van der Waals surface area contributed by atoms with Gasteiger partial charge < -0.3 is 14.0 Å². The highest BCUT2D eigenvalue weighted by Crippen LogP contribution is 2.28. The van der Waals surface area contributed by atoms with Gasteiger partial charge in [0.2, 0.25) is 5.78 Å². The quantitative estimate of drug-likeness (QED) is 0.680. The van der Waals surface area contributed by atoms with Crippen LogP contribution >= 0.6 is 0 Å². The zero-order valence-electron chi connectivity index (χ0n) is 15.5. The maximum absolute atomic E-state index is 12.6. The molecule has 1 aromatic carbocycles. The monoisotopic (exact) mass is 343 g/mol. The van der Waals surface area contributed by atoms with Gasteiger partial charge in [0.15, 0.2) is 23.9 Å². The van der Waals surface area contributed by atoms with Crippen LogP contribution in [0.5, 0.6) is 11.5 Å². The summed E-state index contributed by atoms with van der Waals surface area (Å²) in [6, 6.07) is 6.85. The second kappa shape index (κ2) is 8.01. The van der Waals surface area contributed by atoms with Crippen molar-refractivity contribution in [1.29, 1.82) is 0 Å². The third-order valence-electron chi connectivity index (χ3n) is 4.25. The van der Waals surface area contributed by atoms with E-state index in [1.54, 1.807) is 18.2 Å². The van der Waals surface area contributed by atoms with Gasteiger partial charge in [0, 0.05) is 29.1 Å². The van der Waals surface area contributed by atoms with Crippen molar-refractivity contribution in [2.24, 2.45) is 0 Å². The van der Waals surface area contributed by atoms with Crippen LogP contribution in [0, 0.1) is 13.8 Å². The van der Waals surface area contributed by atoms with Gasteiger partial charge in [0.25, 0.3) is 0 Å². The molecule has 1 heterocycles. The molecule has 2 aromatic rings. The maximum atomic E-state index is 12.6. The van der Waals surface area contributed by atoms with E-state index in [9.17, 15) is 9.59 Å². The number of benzene rings is 1. The SMILES string of the molecule is CCCn1c(C)cc(C(=O)COc2ccc(C(C)=O)cc2OC)c1C. The van der Waals surface area contributed by atoms with Gasteiger partial charge in [-0.25, -0.2) is 0 Å². The summed E-state index contributed by atoms with van der Waals surface area (Å²) in [6.07, 6.45) is 1.01. The lowest BCUT2D eigenvalue weighted by molar-refractivity contribution is 0.0917. The van der Waals surface area contributed by atoms with Gasteiger partial charge in [-0.2, -0.15) is 0 Å². The first-order chi connectivity index (χ1) is 11.9. The van der Waals surface area contributed by atoms with E-state index in [2.05, 4.69) is 11.5 Å². The number of rotatable bonds is 8. The van der Waals surface area contributed by atoms with Crippen LogP contribution in [0.15, 0.2) is 24.3 Å². The first-order valence-corrected chi connectivity index (χ1v) is 8.40. The van der Waals surface area contributed by atoms with E-state index >= 15 is 0 Å². The molecule has 1 aromatic heterocycles. The van der Waals surface area contributed by atoms with Gasteiger partial charge in [0.05, 0.1) is 7.11 Å². The predicted octanol–water partition coefficient (Wildman–Crippen LogP) is 3.99. The minimum absolute atomic E-state index is 0.0516. The Morgan fingerprint density at radius 2 is 1.84 bits per heavy atom. The fourth-order valence-electron chi connectivity index (χ4n) is 2.88. The lowest BCUT2D eigenvalue weighted by Gasteiger charge is -2.11. The number of hydrogen-bond donors (Lipinski definition) is 0. The summed E-state index contributed by atoms with van der Waals surface area (Å²) in [7, 11) is 1.51. The first-order valence-electron chi connectivity index (χ1n) is 8.40. The zero-order chi connectivity index (χ0) is 18.6. The molecule has 0 radical (unpaired) electrons. The number of carbonyl (C=O) groups is 2. The fourth-order valence-corrected chi connectivity index (χ4v) is 2.88. The van der Waals surface area contributed by atoms with Crippen LogP contribution in [0.2, 0.25) is 0 Å². The predicted molar refractivity (Wildman–Crippen MR) is 97.0 cm³/mol. The number of aromatic nitrogens is 1. The molecule has 0 atom stereocenters. The Labute approximate surface area is 148 Å². The molecule has 5 heteroatoms. The van der Waals surface area contributed by atoms with Gasteiger partial charge in [-0.05, 0) is 51.5 Å². The van der Waals surface area contributed by atoms with Gasteiger partial charge in [-0.3, -0.25) is 9.59 Å². The normalized spacial score (nSPS) is 10.6. The molecule has 25 heavy (non-hydrogen) atoms. The molecule has 2 rings (SSSR count). The van der Waals surface area contributed by atoms with Crippen LogP contribution in [-0.4, -0.2) is 29.9 Å². The first kappa shape index (κ1) is 18.8. The summed E-state index contributed by atoms with van der Waals surface area (Å²) in [5.41, 5.74) is 3.27. The molecular weight excluding hydrogens is 318 g/mol. The molecule has 0 fully saturated rings. The lowest BCUT2D eigenvalue weighted by Crippen LogP contribution is -2.13. The standard InChI is InChI=1S/C20H25NO4/c1-6-9-21-13(2)10-17(14(21)3)18(23)12-25-19-8-7-16(15(4)22)11-20(19)24-5/h7-8,10-11H,6,9,12H2,1-5H3. The Kier molecular flexibility index (Phi) is 6.02. The van der Waals surface area contributed by atoms with E-state index in [0.29, 0.717) is 22.6 Å². The van der Waals surface area contributed by atoms with Gasteiger partial charge in [-0.15, -0.1) is 0 Å². The van der Waals surface area contributed by atoms with Crippen molar-refractivity contribution in [3.05, 3.63) is 46.8 Å². The Hall–Kier alpha value is -2.56. The van der Waals surface area contributed by atoms with Gasteiger partial charge in [-0.1, -0.05) is 6.92 Å².